The molecule has 6 heteroatoms. The van der Waals surface area contributed by atoms with Crippen LogP contribution in [0.15, 0.2) is 22.8 Å². The molecule has 1 aromatic heterocycles. The standard InChI is InChI=1S/C9H9NO5/c11-7-5-14-4-6(9(12)13)10(7)8-2-1-3-15-8/h1-3,6H,4-5H2,(H,12,13). The largest absolute Gasteiger partial charge is 0.480 e. The van der Waals surface area contributed by atoms with E-state index in [0.29, 0.717) is 0 Å². The molecule has 0 radical (unpaired) electrons. The molecule has 1 amide bonds. The number of carboxylic acids is 1. The van der Waals surface area contributed by atoms with Gasteiger partial charge in [0.1, 0.15) is 6.61 Å². The average Bonchev–Trinajstić information content (AvgIpc) is 2.70. The van der Waals surface area contributed by atoms with E-state index in [1.54, 1.807) is 12.1 Å². The van der Waals surface area contributed by atoms with Crippen molar-refractivity contribution in [1.82, 2.24) is 0 Å². The number of hydrogen-bond donors (Lipinski definition) is 1. The normalized spacial score (nSPS) is 21.7. The van der Waals surface area contributed by atoms with E-state index in [2.05, 4.69) is 0 Å². The minimum atomic E-state index is -1.11. The Morgan fingerprint density at radius 1 is 1.60 bits per heavy atom. The second-order valence-corrected chi connectivity index (χ2v) is 3.08. The van der Waals surface area contributed by atoms with Crippen LogP contribution in [0.2, 0.25) is 0 Å². The Bertz CT molecular complexity index is 372. The summed E-state index contributed by atoms with van der Waals surface area (Å²) in [5.41, 5.74) is 0. The number of hydrogen-bond acceptors (Lipinski definition) is 4. The summed E-state index contributed by atoms with van der Waals surface area (Å²) in [5, 5.41) is 8.91. The molecule has 0 saturated carbocycles. The Hall–Kier alpha value is -1.82. The third-order valence-electron chi connectivity index (χ3n) is 2.11. The van der Waals surface area contributed by atoms with Crippen LogP contribution in [0.4, 0.5) is 5.88 Å². The van der Waals surface area contributed by atoms with E-state index in [1.807, 2.05) is 0 Å². The van der Waals surface area contributed by atoms with E-state index < -0.39 is 17.9 Å². The number of amides is 1. The quantitative estimate of drug-likeness (QED) is 0.750. The van der Waals surface area contributed by atoms with E-state index >= 15 is 0 Å². The fraction of sp³-hybridized carbons (Fsp3) is 0.333. The predicted molar refractivity (Wildman–Crippen MR) is 48.4 cm³/mol. The molecule has 80 valence electrons. The van der Waals surface area contributed by atoms with Gasteiger partial charge in [-0.1, -0.05) is 0 Å². The van der Waals surface area contributed by atoms with Gasteiger partial charge in [-0.3, -0.25) is 9.69 Å². The summed E-state index contributed by atoms with van der Waals surface area (Å²) in [6, 6.07) is 2.12. The zero-order valence-corrected chi connectivity index (χ0v) is 7.75. The van der Waals surface area contributed by atoms with Gasteiger partial charge in [-0.05, 0) is 6.07 Å². The number of furan rings is 1. The molecule has 1 N–H and O–H groups in total. The fourth-order valence-corrected chi connectivity index (χ4v) is 1.44. The van der Waals surface area contributed by atoms with Crippen LogP contribution in [-0.2, 0) is 14.3 Å². The summed E-state index contributed by atoms with van der Waals surface area (Å²) in [6.45, 7) is -0.147. The molecular weight excluding hydrogens is 202 g/mol. The lowest BCUT2D eigenvalue weighted by atomic mass is 10.2. The molecular formula is C9H9NO5. The van der Waals surface area contributed by atoms with Crippen LogP contribution in [0.3, 0.4) is 0 Å². The molecule has 1 fully saturated rings. The highest BCUT2D eigenvalue weighted by Crippen LogP contribution is 2.20. The minimum Gasteiger partial charge on any atom is -0.480 e. The second kappa shape index (κ2) is 3.74. The topological polar surface area (TPSA) is 80.0 Å². The first-order valence-corrected chi connectivity index (χ1v) is 4.36. The summed E-state index contributed by atoms with van der Waals surface area (Å²) in [5.74, 6) is -1.29. The number of carbonyl (C=O) groups is 2. The third kappa shape index (κ3) is 1.71. The molecule has 1 aliphatic heterocycles. The first-order valence-electron chi connectivity index (χ1n) is 4.36. The summed E-state index contributed by atoms with van der Waals surface area (Å²) in [6.07, 6.45) is 1.39. The summed E-state index contributed by atoms with van der Waals surface area (Å²) in [7, 11) is 0. The number of aliphatic carboxylic acids is 1. The van der Waals surface area contributed by atoms with Crippen molar-refractivity contribution in [2.24, 2.45) is 0 Å². The van der Waals surface area contributed by atoms with Gasteiger partial charge >= 0.3 is 5.97 Å². The lowest BCUT2D eigenvalue weighted by Crippen LogP contribution is -2.53. The second-order valence-electron chi connectivity index (χ2n) is 3.08. The maximum atomic E-state index is 11.5. The van der Waals surface area contributed by atoms with Crippen molar-refractivity contribution < 1.29 is 23.8 Å². The maximum Gasteiger partial charge on any atom is 0.329 e. The van der Waals surface area contributed by atoms with Gasteiger partial charge in [-0.2, -0.15) is 0 Å². The Morgan fingerprint density at radius 3 is 3.00 bits per heavy atom. The summed E-state index contributed by atoms with van der Waals surface area (Å²) >= 11 is 0. The molecule has 1 aliphatic rings. The Balaban J connectivity index is 2.31. The van der Waals surface area contributed by atoms with Gasteiger partial charge in [0.15, 0.2) is 6.04 Å². The smallest absolute Gasteiger partial charge is 0.329 e. The van der Waals surface area contributed by atoms with E-state index in [-0.39, 0.29) is 19.1 Å². The monoisotopic (exact) mass is 211 g/mol. The summed E-state index contributed by atoms with van der Waals surface area (Å²) in [4.78, 5) is 23.5. The van der Waals surface area contributed by atoms with Gasteiger partial charge in [0.25, 0.3) is 5.91 Å². The van der Waals surface area contributed by atoms with Crippen LogP contribution in [0.5, 0.6) is 0 Å². The fourth-order valence-electron chi connectivity index (χ4n) is 1.44. The van der Waals surface area contributed by atoms with Gasteiger partial charge in [-0.25, -0.2) is 4.79 Å². The molecule has 6 nitrogen and oxygen atoms in total. The number of carboxylic acid groups (broad SMARTS) is 1. The van der Waals surface area contributed by atoms with Crippen molar-refractivity contribution in [3.63, 3.8) is 0 Å². The molecule has 0 spiro atoms. The Morgan fingerprint density at radius 2 is 2.40 bits per heavy atom. The summed E-state index contributed by atoms with van der Waals surface area (Å²) < 4.78 is 9.88. The maximum absolute atomic E-state index is 11.5. The van der Waals surface area contributed by atoms with Crippen LogP contribution >= 0.6 is 0 Å². The SMILES string of the molecule is O=C(O)C1COCC(=O)N1c1ccco1. The molecule has 2 rings (SSSR count). The lowest BCUT2D eigenvalue weighted by Gasteiger charge is -2.30. The molecule has 0 aliphatic carbocycles. The molecule has 0 aromatic carbocycles. The van der Waals surface area contributed by atoms with Crippen molar-refractivity contribution in [3.05, 3.63) is 18.4 Å². The van der Waals surface area contributed by atoms with Gasteiger partial charge < -0.3 is 14.3 Å². The molecule has 1 aromatic rings. The highest BCUT2D eigenvalue weighted by Gasteiger charge is 2.36. The number of carbonyl (C=O) groups excluding carboxylic acids is 1. The van der Waals surface area contributed by atoms with Gasteiger partial charge in [-0.15, -0.1) is 0 Å². The lowest BCUT2D eigenvalue weighted by molar-refractivity contribution is -0.145. The van der Waals surface area contributed by atoms with Crippen LogP contribution < -0.4 is 4.90 Å². The highest BCUT2D eigenvalue weighted by atomic mass is 16.5. The van der Waals surface area contributed by atoms with E-state index in [9.17, 15) is 9.59 Å². The van der Waals surface area contributed by atoms with Crippen molar-refractivity contribution in [3.8, 4) is 0 Å². The number of anilines is 1. The van der Waals surface area contributed by atoms with Crippen LogP contribution in [-0.4, -0.2) is 36.2 Å². The van der Waals surface area contributed by atoms with Gasteiger partial charge in [0, 0.05) is 6.07 Å². The van der Waals surface area contributed by atoms with Crippen LogP contribution in [0, 0.1) is 0 Å². The molecule has 1 saturated heterocycles. The van der Waals surface area contributed by atoms with Crippen molar-refractivity contribution in [2.45, 2.75) is 6.04 Å². The van der Waals surface area contributed by atoms with E-state index in [0.717, 1.165) is 4.90 Å². The number of ether oxygens (including phenoxy) is 1. The minimum absolute atomic E-state index is 0.0260. The first kappa shape index (κ1) is 9.72. The molecule has 2 heterocycles. The number of morpholine rings is 1. The van der Waals surface area contributed by atoms with Gasteiger partial charge in [0.2, 0.25) is 5.88 Å². The third-order valence-corrected chi connectivity index (χ3v) is 2.11. The van der Waals surface area contributed by atoms with Crippen molar-refractivity contribution in [2.75, 3.05) is 18.1 Å². The Kier molecular flexibility index (Phi) is 2.42. The highest BCUT2D eigenvalue weighted by molar-refractivity contribution is 5.99. The van der Waals surface area contributed by atoms with Crippen molar-refractivity contribution in [1.29, 1.82) is 0 Å². The number of nitrogens with zero attached hydrogens (tertiary/aromatic N) is 1. The molecule has 0 bridgehead atoms. The van der Waals surface area contributed by atoms with Crippen LogP contribution in [0.1, 0.15) is 0 Å². The molecule has 1 unspecified atom stereocenters. The Labute approximate surface area is 85.0 Å². The van der Waals surface area contributed by atoms with E-state index in [1.165, 1.54) is 6.26 Å². The molecule has 15 heavy (non-hydrogen) atoms. The molecule has 1 atom stereocenters. The van der Waals surface area contributed by atoms with E-state index in [4.69, 9.17) is 14.3 Å². The number of rotatable bonds is 2. The van der Waals surface area contributed by atoms with Crippen molar-refractivity contribution >= 4 is 17.8 Å². The van der Waals surface area contributed by atoms with Gasteiger partial charge in [0.05, 0.1) is 12.9 Å². The average molecular weight is 211 g/mol. The first-order chi connectivity index (χ1) is 7.20. The predicted octanol–water partition coefficient (Wildman–Crippen LogP) is 0.0960. The van der Waals surface area contributed by atoms with Crippen LogP contribution in [0.25, 0.3) is 0 Å². The zero-order chi connectivity index (χ0) is 10.8. The zero-order valence-electron chi connectivity index (χ0n) is 7.75.